The lowest BCUT2D eigenvalue weighted by molar-refractivity contribution is -0.138. The van der Waals surface area contributed by atoms with Crippen LogP contribution in [0.3, 0.4) is 0 Å². The van der Waals surface area contributed by atoms with Crippen LogP contribution in [0.25, 0.3) is 11.1 Å². The normalized spacial score (nSPS) is 12.8. The predicted octanol–water partition coefficient (Wildman–Crippen LogP) is 1.84. The number of carboxylic acid groups (broad SMARTS) is 1. The van der Waals surface area contributed by atoms with Crippen LogP contribution in [-0.2, 0) is 4.79 Å². The third-order valence-corrected chi connectivity index (χ3v) is 2.76. The Labute approximate surface area is 110 Å². The number of anilines is 1. The van der Waals surface area contributed by atoms with Gasteiger partial charge in [0.1, 0.15) is 23.6 Å². The second kappa shape index (κ2) is 5.21. The van der Waals surface area contributed by atoms with Gasteiger partial charge in [0.15, 0.2) is 0 Å². The second-order valence-corrected chi connectivity index (χ2v) is 4.84. The number of aryl methyl sites for hydroxylation is 1. The molecule has 19 heavy (non-hydrogen) atoms. The van der Waals surface area contributed by atoms with Crippen molar-refractivity contribution in [3.8, 4) is 0 Å². The number of nitrogens with zero attached hydrogens (tertiary/aromatic N) is 3. The van der Waals surface area contributed by atoms with Gasteiger partial charge in [0.25, 0.3) is 5.71 Å². The van der Waals surface area contributed by atoms with E-state index in [1.54, 1.807) is 6.92 Å². The Morgan fingerprint density at radius 2 is 2.21 bits per heavy atom. The van der Waals surface area contributed by atoms with Gasteiger partial charge in [-0.05, 0) is 19.3 Å². The fourth-order valence-corrected chi connectivity index (χ4v) is 1.89. The molecule has 0 fully saturated rings. The van der Waals surface area contributed by atoms with Gasteiger partial charge in [-0.3, -0.25) is 0 Å². The first-order chi connectivity index (χ1) is 8.99. The van der Waals surface area contributed by atoms with Crippen LogP contribution in [0.1, 0.15) is 26.0 Å². The molecule has 0 aliphatic carbocycles. The molecule has 7 nitrogen and oxygen atoms in total. The van der Waals surface area contributed by atoms with Gasteiger partial charge in [0.05, 0.1) is 5.69 Å². The molecule has 0 amide bonds. The third kappa shape index (κ3) is 2.81. The van der Waals surface area contributed by atoms with Crippen LogP contribution in [0, 0.1) is 12.8 Å². The Kier molecular flexibility index (Phi) is 3.64. The highest BCUT2D eigenvalue weighted by atomic mass is 16.5. The molecule has 0 aliphatic heterocycles. The quantitative estimate of drug-likeness (QED) is 0.849. The topological polar surface area (TPSA) is 101 Å². The first-order valence-corrected chi connectivity index (χ1v) is 6.05. The molecule has 2 N–H and O–H groups in total. The molecule has 2 rings (SSSR count). The SMILES string of the molecule is Cc1noc2ncnc(NC(CC(C)C)C(=O)O)c12. The molecular weight excluding hydrogens is 248 g/mol. The Bertz CT molecular complexity index is 594. The van der Waals surface area contributed by atoms with Crippen molar-refractivity contribution in [1.82, 2.24) is 15.1 Å². The van der Waals surface area contributed by atoms with Crippen molar-refractivity contribution in [2.45, 2.75) is 33.2 Å². The van der Waals surface area contributed by atoms with Gasteiger partial charge in [-0.2, -0.15) is 4.98 Å². The van der Waals surface area contributed by atoms with Crippen molar-refractivity contribution in [3.63, 3.8) is 0 Å². The maximum Gasteiger partial charge on any atom is 0.326 e. The summed E-state index contributed by atoms with van der Waals surface area (Å²) < 4.78 is 5.02. The summed E-state index contributed by atoms with van der Waals surface area (Å²) in [5.41, 5.74) is 0.982. The maximum atomic E-state index is 11.3. The number of fused-ring (bicyclic) bond motifs is 1. The van der Waals surface area contributed by atoms with Gasteiger partial charge in [0.2, 0.25) is 0 Å². The summed E-state index contributed by atoms with van der Waals surface area (Å²) >= 11 is 0. The molecule has 0 spiro atoms. The molecular formula is C12H16N4O3. The van der Waals surface area contributed by atoms with Gasteiger partial charge in [-0.1, -0.05) is 19.0 Å². The Morgan fingerprint density at radius 3 is 2.84 bits per heavy atom. The Hall–Kier alpha value is -2.18. The van der Waals surface area contributed by atoms with E-state index >= 15 is 0 Å². The molecule has 0 saturated heterocycles. The van der Waals surface area contributed by atoms with E-state index in [0.717, 1.165) is 0 Å². The molecule has 102 valence electrons. The summed E-state index contributed by atoms with van der Waals surface area (Å²) in [5.74, 6) is -0.208. The monoisotopic (exact) mass is 264 g/mol. The Morgan fingerprint density at radius 1 is 1.47 bits per heavy atom. The maximum absolute atomic E-state index is 11.3. The van der Waals surface area contributed by atoms with Crippen molar-refractivity contribution in [1.29, 1.82) is 0 Å². The van der Waals surface area contributed by atoms with Crippen LogP contribution in [0.15, 0.2) is 10.9 Å². The average Bonchev–Trinajstić information content (AvgIpc) is 2.71. The van der Waals surface area contributed by atoms with E-state index in [2.05, 4.69) is 20.4 Å². The summed E-state index contributed by atoms with van der Waals surface area (Å²) in [4.78, 5) is 19.3. The van der Waals surface area contributed by atoms with E-state index in [4.69, 9.17) is 4.52 Å². The largest absolute Gasteiger partial charge is 0.480 e. The number of nitrogens with one attached hydrogen (secondary N) is 1. The fraction of sp³-hybridized carbons (Fsp3) is 0.500. The van der Waals surface area contributed by atoms with Gasteiger partial charge < -0.3 is 14.9 Å². The molecule has 0 aliphatic rings. The predicted molar refractivity (Wildman–Crippen MR) is 68.8 cm³/mol. The fourth-order valence-electron chi connectivity index (χ4n) is 1.89. The number of rotatable bonds is 5. The Balaban J connectivity index is 2.33. The van der Waals surface area contributed by atoms with Crippen LogP contribution in [0.5, 0.6) is 0 Å². The summed E-state index contributed by atoms with van der Waals surface area (Å²) in [5, 5.41) is 16.6. The van der Waals surface area contributed by atoms with E-state index < -0.39 is 12.0 Å². The zero-order chi connectivity index (χ0) is 14.0. The van der Waals surface area contributed by atoms with E-state index in [1.807, 2.05) is 13.8 Å². The first kappa shape index (κ1) is 13.3. The molecule has 2 aromatic heterocycles. The van der Waals surface area contributed by atoms with Crippen LogP contribution >= 0.6 is 0 Å². The van der Waals surface area contributed by atoms with Crippen molar-refractivity contribution < 1.29 is 14.4 Å². The molecule has 0 saturated carbocycles. The summed E-state index contributed by atoms with van der Waals surface area (Å²) in [6.07, 6.45) is 1.83. The van der Waals surface area contributed by atoms with Gasteiger partial charge >= 0.3 is 5.97 Å². The number of carboxylic acids is 1. The lowest BCUT2D eigenvalue weighted by atomic mass is 10.0. The van der Waals surface area contributed by atoms with Crippen LogP contribution < -0.4 is 5.32 Å². The van der Waals surface area contributed by atoms with Gasteiger partial charge in [-0.15, -0.1) is 0 Å². The zero-order valence-electron chi connectivity index (χ0n) is 11.0. The summed E-state index contributed by atoms with van der Waals surface area (Å²) in [7, 11) is 0. The summed E-state index contributed by atoms with van der Waals surface area (Å²) in [6.45, 7) is 5.70. The minimum Gasteiger partial charge on any atom is -0.480 e. The third-order valence-electron chi connectivity index (χ3n) is 2.76. The van der Waals surface area contributed by atoms with E-state index in [0.29, 0.717) is 29.0 Å². The van der Waals surface area contributed by atoms with E-state index in [-0.39, 0.29) is 5.92 Å². The standard InChI is InChI=1S/C12H16N4O3/c1-6(2)4-8(12(17)18)15-10-9-7(3)16-19-11(9)14-5-13-10/h5-6,8H,4H2,1-3H3,(H,17,18)(H,13,14,15). The molecule has 0 bridgehead atoms. The van der Waals surface area contributed by atoms with Crippen LogP contribution in [0.2, 0.25) is 0 Å². The lowest BCUT2D eigenvalue weighted by Crippen LogP contribution is -2.31. The van der Waals surface area contributed by atoms with Gasteiger partial charge in [-0.25, -0.2) is 9.78 Å². The first-order valence-electron chi connectivity index (χ1n) is 6.05. The highest BCUT2D eigenvalue weighted by Crippen LogP contribution is 2.23. The molecule has 2 heterocycles. The highest BCUT2D eigenvalue weighted by Gasteiger charge is 2.21. The second-order valence-electron chi connectivity index (χ2n) is 4.84. The van der Waals surface area contributed by atoms with E-state index in [9.17, 15) is 9.90 Å². The van der Waals surface area contributed by atoms with Crippen molar-refractivity contribution >= 4 is 22.9 Å². The van der Waals surface area contributed by atoms with Crippen LogP contribution in [-0.4, -0.2) is 32.2 Å². The number of carbonyl (C=O) groups is 1. The molecule has 0 radical (unpaired) electrons. The van der Waals surface area contributed by atoms with Crippen molar-refractivity contribution in [2.75, 3.05) is 5.32 Å². The zero-order valence-corrected chi connectivity index (χ0v) is 11.0. The molecule has 7 heteroatoms. The van der Waals surface area contributed by atoms with Crippen LogP contribution in [0.4, 0.5) is 5.82 Å². The lowest BCUT2D eigenvalue weighted by Gasteiger charge is -2.17. The molecule has 2 aromatic rings. The minimum absolute atomic E-state index is 0.259. The molecule has 1 atom stereocenters. The number of hydrogen-bond donors (Lipinski definition) is 2. The number of aliphatic carboxylic acids is 1. The van der Waals surface area contributed by atoms with Gasteiger partial charge in [0, 0.05) is 0 Å². The summed E-state index contributed by atoms with van der Waals surface area (Å²) in [6, 6.07) is -0.701. The highest BCUT2D eigenvalue weighted by molar-refractivity contribution is 5.89. The number of aromatic nitrogens is 3. The molecule has 1 unspecified atom stereocenters. The van der Waals surface area contributed by atoms with E-state index in [1.165, 1.54) is 6.33 Å². The number of hydrogen-bond acceptors (Lipinski definition) is 6. The van der Waals surface area contributed by atoms with Crippen molar-refractivity contribution in [2.24, 2.45) is 5.92 Å². The van der Waals surface area contributed by atoms with Crippen molar-refractivity contribution in [3.05, 3.63) is 12.0 Å². The minimum atomic E-state index is -0.908. The average molecular weight is 264 g/mol. The smallest absolute Gasteiger partial charge is 0.326 e. The molecule has 0 aromatic carbocycles.